The fourth-order valence-corrected chi connectivity index (χ4v) is 1.89. The van der Waals surface area contributed by atoms with Crippen molar-refractivity contribution in [2.45, 2.75) is 13.3 Å². The molecule has 2 amide bonds. The third-order valence-corrected chi connectivity index (χ3v) is 2.92. The Morgan fingerprint density at radius 2 is 1.59 bits per heavy atom. The smallest absolute Gasteiger partial charge is 0.323 e. The number of hydrogen-bond donors (Lipinski definition) is 2. The second kappa shape index (κ2) is 7.70. The molecule has 5 nitrogen and oxygen atoms in total. The van der Waals surface area contributed by atoms with Crippen molar-refractivity contribution in [2.75, 3.05) is 17.2 Å². The number of nitrogens with one attached hydrogen (secondary N) is 2. The van der Waals surface area contributed by atoms with E-state index in [9.17, 15) is 4.79 Å². The molecule has 0 heterocycles. The summed E-state index contributed by atoms with van der Waals surface area (Å²) in [5.74, 6) is 0.765. The molecule has 22 heavy (non-hydrogen) atoms. The zero-order chi connectivity index (χ0) is 15.8. The number of hydrogen-bond acceptors (Lipinski definition) is 3. The molecular formula is C17H17N3O2. The Bertz CT molecular complexity index is 658. The number of rotatable bonds is 5. The average Bonchev–Trinajstić information content (AvgIpc) is 2.52. The highest BCUT2D eigenvalue weighted by atomic mass is 16.5. The number of nitriles is 1. The number of urea groups is 1. The first kappa shape index (κ1) is 15.4. The second-order valence-corrected chi connectivity index (χ2v) is 4.57. The van der Waals surface area contributed by atoms with E-state index in [1.807, 2.05) is 19.1 Å². The van der Waals surface area contributed by atoms with Gasteiger partial charge in [0, 0.05) is 11.4 Å². The molecule has 2 aromatic rings. The van der Waals surface area contributed by atoms with Crippen LogP contribution in [-0.2, 0) is 6.42 Å². The van der Waals surface area contributed by atoms with Crippen LogP contribution in [-0.4, -0.2) is 12.6 Å². The predicted octanol–water partition coefficient (Wildman–Crippen LogP) is 3.80. The van der Waals surface area contributed by atoms with Gasteiger partial charge in [-0.3, -0.25) is 0 Å². The van der Waals surface area contributed by atoms with E-state index in [1.54, 1.807) is 36.4 Å². The molecular weight excluding hydrogens is 278 g/mol. The first-order chi connectivity index (χ1) is 10.7. The molecule has 2 rings (SSSR count). The highest BCUT2D eigenvalue weighted by Gasteiger charge is 2.03. The first-order valence-electron chi connectivity index (χ1n) is 6.98. The van der Waals surface area contributed by atoms with Gasteiger partial charge in [0.2, 0.25) is 0 Å². The summed E-state index contributed by atoms with van der Waals surface area (Å²) in [7, 11) is 0. The molecule has 112 valence electrons. The maximum absolute atomic E-state index is 11.9. The lowest BCUT2D eigenvalue weighted by Gasteiger charge is -2.09. The summed E-state index contributed by atoms with van der Waals surface area (Å²) >= 11 is 0. The summed E-state index contributed by atoms with van der Waals surface area (Å²) in [5.41, 5.74) is 2.27. The molecule has 0 bridgehead atoms. The molecule has 0 aliphatic rings. The summed E-state index contributed by atoms with van der Waals surface area (Å²) in [6.45, 7) is 2.52. The summed E-state index contributed by atoms with van der Waals surface area (Å²) in [6.07, 6.45) is 0.360. The van der Waals surface area contributed by atoms with Crippen molar-refractivity contribution in [2.24, 2.45) is 0 Å². The number of anilines is 2. The van der Waals surface area contributed by atoms with Gasteiger partial charge in [-0.15, -0.1) is 0 Å². The van der Waals surface area contributed by atoms with Gasteiger partial charge in [0.25, 0.3) is 0 Å². The van der Waals surface area contributed by atoms with Gasteiger partial charge in [0.1, 0.15) is 5.75 Å². The van der Waals surface area contributed by atoms with Gasteiger partial charge in [-0.05, 0) is 48.9 Å². The first-order valence-corrected chi connectivity index (χ1v) is 6.98. The van der Waals surface area contributed by atoms with Crippen molar-refractivity contribution < 1.29 is 9.53 Å². The molecule has 0 saturated heterocycles. The Balaban J connectivity index is 1.90. The van der Waals surface area contributed by atoms with Gasteiger partial charge in [-0.1, -0.05) is 12.1 Å². The van der Waals surface area contributed by atoms with Crippen LogP contribution in [0.2, 0.25) is 0 Å². The van der Waals surface area contributed by atoms with Crippen LogP contribution in [0.15, 0.2) is 48.5 Å². The Morgan fingerprint density at radius 3 is 2.09 bits per heavy atom. The number of carbonyl (C=O) groups excluding carboxylic acids is 1. The summed E-state index contributed by atoms with van der Waals surface area (Å²) < 4.78 is 5.34. The second-order valence-electron chi connectivity index (χ2n) is 4.57. The lowest BCUT2D eigenvalue weighted by molar-refractivity contribution is 0.262. The van der Waals surface area contributed by atoms with Crippen LogP contribution >= 0.6 is 0 Å². The van der Waals surface area contributed by atoms with Crippen LogP contribution in [0.5, 0.6) is 5.75 Å². The Morgan fingerprint density at radius 1 is 1.05 bits per heavy atom. The van der Waals surface area contributed by atoms with Gasteiger partial charge < -0.3 is 15.4 Å². The predicted molar refractivity (Wildman–Crippen MR) is 86.0 cm³/mol. The van der Waals surface area contributed by atoms with Crippen LogP contribution in [0.4, 0.5) is 16.2 Å². The van der Waals surface area contributed by atoms with E-state index in [1.165, 1.54) is 0 Å². The molecule has 0 aromatic heterocycles. The quantitative estimate of drug-likeness (QED) is 0.881. The average molecular weight is 295 g/mol. The van der Waals surface area contributed by atoms with E-state index in [0.717, 1.165) is 11.3 Å². The SMILES string of the molecule is CCOc1ccc(NC(=O)Nc2ccc(CC#N)cc2)cc1. The topological polar surface area (TPSA) is 74.2 Å². The normalized spacial score (nSPS) is 9.64. The minimum Gasteiger partial charge on any atom is -0.494 e. The van der Waals surface area contributed by atoms with E-state index >= 15 is 0 Å². The fourth-order valence-electron chi connectivity index (χ4n) is 1.89. The molecule has 5 heteroatoms. The number of benzene rings is 2. The van der Waals surface area contributed by atoms with E-state index in [0.29, 0.717) is 24.4 Å². The minimum absolute atomic E-state index is 0.322. The standard InChI is InChI=1S/C17H17N3O2/c1-2-22-16-9-7-15(8-10-16)20-17(21)19-14-5-3-13(4-6-14)11-12-18/h3-10H,2,11H2,1H3,(H2,19,20,21). The van der Waals surface area contributed by atoms with E-state index in [4.69, 9.17) is 10.00 Å². The van der Waals surface area contributed by atoms with Crippen LogP contribution in [0, 0.1) is 11.3 Å². The zero-order valence-corrected chi connectivity index (χ0v) is 12.3. The van der Waals surface area contributed by atoms with E-state index < -0.39 is 0 Å². The molecule has 0 aliphatic carbocycles. The lowest BCUT2D eigenvalue weighted by atomic mass is 10.1. The molecule has 0 saturated carbocycles. The molecule has 2 N–H and O–H groups in total. The molecule has 0 radical (unpaired) electrons. The number of amides is 2. The number of nitrogens with zero attached hydrogens (tertiary/aromatic N) is 1. The third kappa shape index (κ3) is 4.53. The van der Waals surface area contributed by atoms with Crippen LogP contribution in [0.1, 0.15) is 12.5 Å². The molecule has 0 aliphatic heterocycles. The maximum Gasteiger partial charge on any atom is 0.323 e. The molecule has 2 aromatic carbocycles. The van der Waals surface area contributed by atoms with Crippen molar-refractivity contribution in [3.8, 4) is 11.8 Å². The van der Waals surface area contributed by atoms with Crippen LogP contribution < -0.4 is 15.4 Å². The van der Waals surface area contributed by atoms with Gasteiger partial charge in [-0.25, -0.2) is 4.79 Å². The van der Waals surface area contributed by atoms with Crippen LogP contribution in [0.3, 0.4) is 0 Å². The van der Waals surface area contributed by atoms with Gasteiger partial charge in [0.05, 0.1) is 19.1 Å². The lowest BCUT2D eigenvalue weighted by Crippen LogP contribution is -2.19. The van der Waals surface area contributed by atoms with E-state index in [2.05, 4.69) is 16.7 Å². The maximum atomic E-state index is 11.9. The molecule has 0 atom stereocenters. The fraction of sp³-hybridized carbons (Fsp3) is 0.176. The summed E-state index contributed by atoms with van der Waals surface area (Å²) in [4.78, 5) is 11.9. The monoisotopic (exact) mass is 295 g/mol. The minimum atomic E-state index is -0.322. The zero-order valence-electron chi connectivity index (χ0n) is 12.3. The third-order valence-electron chi connectivity index (χ3n) is 2.92. The van der Waals surface area contributed by atoms with Gasteiger partial charge >= 0.3 is 6.03 Å². The molecule has 0 spiro atoms. The molecule has 0 unspecified atom stereocenters. The summed E-state index contributed by atoms with van der Waals surface area (Å²) in [6, 6.07) is 16.1. The van der Waals surface area contributed by atoms with Crippen molar-refractivity contribution in [3.63, 3.8) is 0 Å². The summed E-state index contributed by atoms with van der Waals surface area (Å²) in [5, 5.41) is 14.1. The van der Waals surface area contributed by atoms with E-state index in [-0.39, 0.29) is 6.03 Å². The van der Waals surface area contributed by atoms with Crippen molar-refractivity contribution in [1.82, 2.24) is 0 Å². The van der Waals surface area contributed by atoms with Crippen molar-refractivity contribution >= 4 is 17.4 Å². The molecule has 0 fully saturated rings. The van der Waals surface area contributed by atoms with Gasteiger partial charge in [-0.2, -0.15) is 5.26 Å². The van der Waals surface area contributed by atoms with Crippen LogP contribution in [0.25, 0.3) is 0 Å². The largest absolute Gasteiger partial charge is 0.494 e. The Labute approximate surface area is 129 Å². The number of carbonyl (C=O) groups is 1. The van der Waals surface area contributed by atoms with Gasteiger partial charge in [0.15, 0.2) is 0 Å². The number of ether oxygens (including phenoxy) is 1. The highest BCUT2D eigenvalue weighted by Crippen LogP contribution is 2.16. The van der Waals surface area contributed by atoms with Crippen molar-refractivity contribution in [3.05, 3.63) is 54.1 Å². The Hall–Kier alpha value is -3.00. The Kier molecular flexibility index (Phi) is 5.38. The highest BCUT2D eigenvalue weighted by molar-refractivity contribution is 5.99. The van der Waals surface area contributed by atoms with Crippen molar-refractivity contribution in [1.29, 1.82) is 5.26 Å².